The average molecular weight is 474 g/mol. The molecule has 0 spiro atoms. The van der Waals surface area contributed by atoms with Crippen molar-refractivity contribution in [3.05, 3.63) is 63.7 Å². The van der Waals surface area contributed by atoms with Gasteiger partial charge in [-0.15, -0.1) is 0 Å². The zero-order chi connectivity index (χ0) is 20.5. The molecule has 8 heteroatoms. The first kappa shape index (κ1) is 19.7. The van der Waals surface area contributed by atoms with E-state index in [-0.39, 0.29) is 18.2 Å². The highest BCUT2D eigenvalue weighted by atomic mass is 79.9. The molecule has 4 rings (SSSR count). The summed E-state index contributed by atoms with van der Waals surface area (Å²) in [6.07, 6.45) is 0.685. The molecule has 1 atom stereocenters. The third kappa shape index (κ3) is 3.93. The quantitative estimate of drug-likeness (QED) is 0.544. The summed E-state index contributed by atoms with van der Waals surface area (Å²) in [5.74, 6) is 0.109. The number of carbonyl (C=O) groups excluding carboxylic acids is 2. The Hall–Kier alpha value is -2.64. The lowest BCUT2D eigenvalue weighted by molar-refractivity contribution is -0.123. The smallest absolute Gasteiger partial charge is 0.251 e. The van der Waals surface area contributed by atoms with Gasteiger partial charge in [0.1, 0.15) is 11.9 Å². The number of anilines is 2. The number of amides is 2. The van der Waals surface area contributed by atoms with Crippen molar-refractivity contribution in [3.63, 3.8) is 0 Å². The van der Waals surface area contributed by atoms with Crippen LogP contribution in [0.3, 0.4) is 0 Å². The lowest BCUT2D eigenvalue weighted by Gasteiger charge is -2.10. The molecule has 2 aromatic carbocycles. The number of nitrogens with one attached hydrogen (secondary N) is 2. The second kappa shape index (κ2) is 8.00. The largest absolute Gasteiger partial charge is 0.326 e. The summed E-state index contributed by atoms with van der Waals surface area (Å²) in [6, 6.07) is 14.0. The van der Waals surface area contributed by atoms with Gasteiger partial charge in [0.15, 0.2) is 0 Å². The zero-order valence-corrected chi connectivity index (χ0v) is 17.9. The Morgan fingerprint density at radius 2 is 2.03 bits per heavy atom. The Morgan fingerprint density at radius 1 is 1.28 bits per heavy atom. The zero-order valence-electron chi connectivity index (χ0n) is 15.6. The lowest BCUT2D eigenvalue weighted by atomic mass is 10.0. The molecular formula is C21H18BrClN4O2. The number of rotatable bonds is 5. The molecule has 0 aliphatic carbocycles. The van der Waals surface area contributed by atoms with Crippen molar-refractivity contribution in [2.75, 3.05) is 10.6 Å². The van der Waals surface area contributed by atoms with E-state index in [1.54, 1.807) is 22.9 Å². The first-order valence-corrected chi connectivity index (χ1v) is 10.4. The van der Waals surface area contributed by atoms with Gasteiger partial charge in [0, 0.05) is 20.7 Å². The summed E-state index contributed by atoms with van der Waals surface area (Å²) >= 11 is 9.51. The van der Waals surface area contributed by atoms with Crippen LogP contribution in [0.4, 0.5) is 11.5 Å². The van der Waals surface area contributed by atoms with Gasteiger partial charge >= 0.3 is 0 Å². The summed E-state index contributed by atoms with van der Waals surface area (Å²) in [5.41, 5.74) is 3.25. The number of benzene rings is 2. The molecule has 1 unspecified atom stereocenters. The number of fused-ring (bicyclic) bond motifs is 1. The van der Waals surface area contributed by atoms with Crippen LogP contribution in [0.25, 0.3) is 11.1 Å². The lowest BCUT2D eigenvalue weighted by Crippen LogP contribution is -2.23. The van der Waals surface area contributed by atoms with Gasteiger partial charge in [-0.1, -0.05) is 46.6 Å². The summed E-state index contributed by atoms with van der Waals surface area (Å²) in [6.45, 7) is 2.00. The van der Waals surface area contributed by atoms with Crippen LogP contribution in [-0.4, -0.2) is 21.6 Å². The molecule has 3 aromatic rings. The van der Waals surface area contributed by atoms with Crippen molar-refractivity contribution in [3.8, 4) is 11.1 Å². The first-order valence-electron chi connectivity index (χ1n) is 9.20. The van der Waals surface area contributed by atoms with Crippen molar-refractivity contribution in [1.29, 1.82) is 0 Å². The van der Waals surface area contributed by atoms with E-state index in [0.717, 1.165) is 21.3 Å². The fourth-order valence-corrected chi connectivity index (χ4v) is 3.89. The van der Waals surface area contributed by atoms with Crippen LogP contribution in [0.5, 0.6) is 0 Å². The van der Waals surface area contributed by atoms with Crippen LogP contribution in [0, 0.1) is 0 Å². The maximum atomic E-state index is 12.6. The van der Waals surface area contributed by atoms with E-state index < -0.39 is 6.04 Å². The molecule has 1 aromatic heterocycles. The molecule has 0 saturated heterocycles. The van der Waals surface area contributed by atoms with E-state index >= 15 is 0 Å². The van der Waals surface area contributed by atoms with Crippen molar-refractivity contribution in [2.45, 2.75) is 25.8 Å². The number of aryl methyl sites for hydroxylation is 1. The van der Waals surface area contributed by atoms with Gasteiger partial charge in [-0.05, 0) is 48.4 Å². The van der Waals surface area contributed by atoms with Crippen molar-refractivity contribution in [1.82, 2.24) is 9.78 Å². The Bertz CT molecular complexity index is 1090. The van der Waals surface area contributed by atoms with Gasteiger partial charge in [-0.3, -0.25) is 9.59 Å². The number of hydrogen-bond donors (Lipinski definition) is 2. The molecule has 0 bridgehead atoms. The van der Waals surface area contributed by atoms with Crippen LogP contribution in [0.15, 0.2) is 53.0 Å². The van der Waals surface area contributed by atoms with E-state index in [1.165, 1.54) is 0 Å². The monoisotopic (exact) mass is 472 g/mol. The summed E-state index contributed by atoms with van der Waals surface area (Å²) in [4.78, 5) is 25.1. The SMILES string of the molecule is CCc1nn2c(c1-c1cccc(Cl)c1)NC(=O)C2CC(=O)Nc1ccc(Br)cc1. The maximum Gasteiger partial charge on any atom is 0.251 e. The third-order valence-electron chi connectivity index (χ3n) is 4.78. The van der Waals surface area contributed by atoms with Crippen molar-refractivity contribution in [2.24, 2.45) is 0 Å². The predicted molar refractivity (Wildman–Crippen MR) is 117 cm³/mol. The van der Waals surface area contributed by atoms with Gasteiger partial charge in [-0.2, -0.15) is 5.10 Å². The van der Waals surface area contributed by atoms with E-state index in [2.05, 4.69) is 31.7 Å². The minimum Gasteiger partial charge on any atom is -0.326 e. The summed E-state index contributed by atoms with van der Waals surface area (Å²) in [7, 11) is 0. The van der Waals surface area contributed by atoms with Crippen LogP contribution in [0.2, 0.25) is 5.02 Å². The Labute approximate surface area is 181 Å². The number of hydrogen-bond acceptors (Lipinski definition) is 3. The first-order chi connectivity index (χ1) is 14.0. The second-order valence-corrected chi connectivity index (χ2v) is 8.10. The van der Waals surface area contributed by atoms with Crippen molar-refractivity contribution < 1.29 is 9.59 Å². The van der Waals surface area contributed by atoms with E-state index in [1.807, 2.05) is 37.3 Å². The van der Waals surface area contributed by atoms with Crippen LogP contribution < -0.4 is 10.6 Å². The highest BCUT2D eigenvalue weighted by Gasteiger charge is 2.36. The minimum atomic E-state index is -0.696. The third-order valence-corrected chi connectivity index (χ3v) is 5.54. The van der Waals surface area contributed by atoms with Gasteiger partial charge in [0.2, 0.25) is 5.91 Å². The maximum absolute atomic E-state index is 12.6. The molecule has 0 saturated carbocycles. The number of aromatic nitrogens is 2. The fraction of sp³-hybridized carbons (Fsp3) is 0.190. The number of carbonyl (C=O) groups is 2. The number of nitrogens with zero attached hydrogens (tertiary/aromatic N) is 2. The van der Waals surface area contributed by atoms with E-state index in [0.29, 0.717) is 22.9 Å². The van der Waals surface area contributed by atoms with Crippen LogP contribution in [0.1, 0.15) is 25.1 Å². The molecular weight excluding hydrogens is 456 g/mol. The molecule has 1 aliphatic heterocycles. The van der Waals surface area contributed by atoms with Gasteiger partial charge in [0.25, 0.3) is 5.91 Å². The summed E-state index contributed by atoms with van der Waals surface area (Å²) in [5, 5.41) is 11.0. The highest BCUT2D eigenvalue weighted by molar-refractivity contribution is 9.10. The molecule has 2 N–H and O–H groups in total. The standard InChI is InChI=1S/C21H18BrClN4O2/c1-2-16-19(12-4-3-5-14(23)10-12)20-25-21(29)17(27(20)26-16)11-18(28)24-15-8-6-13(22)7-9-15/h3-10,17H,2,11H2,1H3,(H,24,28)(H,25,29). The molecule has 6 nitrogen and oxygen atoms in total. The van der Waals surface area contributed by atoms with E-state index in [9.17, 15) is 9.59 Å². The minimum absolute atomic E-state index is 0.00524. The van der Waals surface area contributed by atoms with Crippen LogP contribution in [-0.2, 0) is 16.0 Å². The topological polar surface area (TPSA) is 76.0 Å². The Balaban J connectivity index is 1.61. The molecule has 0 fully saturated rings. The van der Waals surface area contributed by atoms with Crippen molar-refractivity contribution >= 4 is 50.9 Å². The molecule has 1 aliphatic rings. The second-order valence-electron chi connectivity index (χ2n) is 6.74. The normalized spacial score (nSPS) is 15.1. The fourth-order valence-electron chi connectivity index (χ4n) is 3.43. The average Bonchev–Trinajstić information content (AvgIpc) is 3.19. The predicted octanol–water partition coefficient (Wildman–Crippen LogP) is 5.05. The number of halogens is 2. The molecule has 2 heterocycles. The summed E-state index contributed by atoms with van der Waals surface area (Å²) < 4.78 is 2.55. The molecule has 2 amide bonds. The Kier molecular flexibility index (Phi) is 5.43. The Morgan fingerprint density at radius 3 is 2.72 bits per heavy atom. The van der Waals surface area contributed by atoms with E-state index in [4.69, 9.17) is 11.6 Å². The van der Waals surface area contributed by atoms with Crippen LogP contribution >= 0.6 is 27.5 Å². The molecule has 0 radical (unpaired) electrons. The molecule has 148 valence electrons. The highest BCUT2D eigenvalue weighted by Crippen LogP contribution is 2.39. The van der Waals surface area contributed by atoms with Gasteiger partial charge < -0.3 is 10.6 Å². The van der Waals surface area contributed by atoms with Gasteiger partial charge in [-0.25, -0.2) is 4.68 Å². The molecule has 29 heavy (non-hydrogen) atoms. The van der Waals surface area contributed by atoms with Gasteiger partial charge in [0.05, 0.1) is 12.1 Å².